The van der Waals surface area contributed by atoms with Crippen molar-refractivity contribution >= 4 is 0 Å². The maximum absolute atomic E-state index is 5.64. The van der Waals surface area contributed by atoms with Crippen LogP contribution < -0.4 is 10.1 Å². The first-order chi connectivity index (χ1) is 8.36. The maximum atomic E-state index is 5.64. The Hall–Kier alpha value is -1.55. The molecule has 1 aromatic heterocycles. The molecule has 0 saturated heterocycles. The minimum absolute atomic E-state index is 0.0335. The molecule has 0 aliphatic carbocycles. The summed E-state index contributed by atoms with van der Waals surface area (Å²) >= 11 is 0. The SMILES string of the molecule is CCNC(C1=CCCO1)c1cccnc1OC. The summed E-state index contributed by atoms with van der Waals surface area (Å²) in [5, 5.41) is 3.40. The third kappa shape index (κ3) is 2.58. The number of hydrogen-bond donors (Lipinski definition) is 1. The summed E-state index contributed by atoms with van der Waals surface area (Å²) in [7, 11) is 1.64. The van der Waals surface area contributed by atoms with Gasteiger partial charge in [-0.1, -0.05) is 13.0 Å². The summed E-state index contributed by atoms with van der Waals surface area (Å²) < 4.78 is 10.9. The van der Waals surface area contributed by atoms with Crippen molar-refractivity contribution in [2.75, 3.05) is 20.3 Å². The van der Waals surface area contributed by atoms with Gasteiger partial charge in [-0.05, 0) is 18.7 Å². The van der Waals surface area contributed by atoms with E-state index in [1.165, 1.54) is 0 Å². The smallest absolute Gasteiger partial charge is 0.218 e. The molecule has 0 aromatic carbocycles. The van der Waals surface area contributed by atoms with Gasteiger partial charge in [0.15, 0.2) is 0 Å². The van der Waals surface area contributed by atoms with Gasteiger partial charge in [0.2, 0.25) is 5.88 Å². The molecule has 1 aliphatic heterocycles. The maximum Gasteiger partial charge on any atom is 0.218 e. The largest absolute Gasteiger partial charge is 0.496 e. The molecule has 0 spiro atoms. The fraction of sp³-hybridized carbons (Fsp3) is 0.462. The van der Waals surface area contributed by atoms with Crippen LogP contribution in [0.4, 0.5) is 0 Å². The lowest BCUT2D eigenvalue weighted by atomic mass is 10.1. The van der Waals surface area contributed by atoms with Crippen molar-refractivity contribution in [3.05, 3.63) is 35.7 Å². The Kier molecular flexibility index (Phi) is 3.98. The molecule has 0 amide bonds. The zero-order valence-electron chi connectivity index (χ0n) is 10.3. The molecule has 2 heterocycles. The van der Waals surface area contributed by atoms with Gasteiger partial charge in [-0.25, -0.2) is 4.98 Å². The minimum Gasteiger partial charge on any atom is -0.496 e. The standard InChI is InChI=1S/C13H18N2O2/c1-3-14-12(11-7-5-9-17-11)10-6-4-8-15-13(10)16-2/h4,6-8,12,14H,3,5,9H2,1-2H3. The molecule has 0 fully saturated rings. The molecule has 1 N–H and O–H groups in total. The Morgan fingerprint density at radius 1 is 1.59 bits per heavy atom. The third-order valence-electron chi connectivity index (χ3n) is 2.73. The summed E-state index contributed by atoms with van der Waals surface area (Å²) in [5.41, 5.74) is 1.02. The van der Waals surface area contributed by atoms with Crippen molar-refractivity contribution in [2.45, 2.75) is 19.4 Å². The van der Waals surface area contributed by atoms with E-state index in [0.29, 0.717) is 5.88 Å². The van der Waals surface area contributed by atoms with E-state index in [-0.39, 0.29) is 6.04 Å². The first-order valence-electron chi connectivity index (χ1n) is 5.92. The van der Waals surface area contributed by atoms with E-state index in [9.17, 15) is 0 Å². The normalized spacial score (nSPS) is 16.2. The molecule has 0 bridgehead atoms. The van der Waals surface area contributed by atoms with Crippen LogP contribution in [0.1, 0.15) is 24.9 Å². The molecule has 2 rings (SSSR count). The molecule has 4 heteroatoms. The highest BCUT2D eigenvalue weighted by atomic mass is 16.5. The average molecular weight is 234 g/mol. The van der Waals surface area contributed by atoms with Crippen LogP contribution in [0.25, 0.3) is 0 Å². The van der Waals surface area contributed by atoms with Gasteiger partial charge in [0.25, 0.3) is 0 Å². The first kappa shape index (κ1) is 11.9. The van der Waals surface area contributed by atoms with Crippen molar-refractivity contribution in [2.24, 2.45) is 0 Å². The number of nitrogens with zero attached hydrogens (tertiary/aromatic N) is 1. The first-order valence-corrected chi connectivity index (χ1v) is 5.92. The second-order valence-corrected chi connectivity index (χ2v) is 3.84. The van der Waals surface area contributed by atoms with Crippen molar-refractivity contribution in [1.29, 1.82) is 0 Å². The molecule has 0 radical (unpaired) electrons. The number of nitrogens with one attached hydrogen (secondary N) is 1. The number of methoxy groups -OCH3 is 1. The van der Waals surface area contributed by atoms with E-state index < -0.39 is 0 Å². The van der Waals surface area contributed by atoms with Crippen molar-refractivity contribution in [1.82, 2.24) is 10.3 Å². The Bertz CT molecular complexity index is 404. The number of rotatable bonds is 5. The number of ether oxygens (including phenoxy) is 2. The Labute approximate surface area is 102 Å². The third-order valence-corrected chi connectivity index (χ3v) is 2.73. The molecule has 1 unspecified atom stereocenters. The van der Waals surface area contributed by atoms with Crippen LogP contribution in [0.2, 0.25) is 0 Å². The van der Waals surface area contributed by atoms with E-state index in [2.05, 4.69) is 23.3 Å². The Balaban J connectivity index is 2.31. The molecule has 17 heavy (non-hydrogen) atoms. The second kappa shape index (κ2) is 5.68. The van der Waals surface area contributed by atoms with Crippen molar-refractivity contribution in [3.63, 3.8) is 0 Å². The van der Waals surface area contributed by atoms with Crippen LogP contribution in [-0.2, 0) is 4.74 Å². The minimum atomic E-state index is 0.0335. The fourth-order valence-electron chi connectivity index (χ4n) is 2.00. The molecule has 1 atom stereocenters. The summed E-state index contributed by atoms with van der Waals surface area (Å²) in [6.07, 6.45) is 4.83. The van der Waals surface area contributed by atoms with Crippen LogP contribution in [-0.4, -0.2) is 25.2 Å². The van der Waals surface area contributed by atoms with Crippen molar-refractivity contribution < 1.29 is 9.47 Å². The van der Waals surface area contributed by atoms with Gasteiger partial charge in [-0.15, -0.1) is 0 Å². The summed E-state index contributed by atoms with van der Waals surface area (Å²) in [6, 6.07) is 3.96. The molecule has 1 aromatic rings. The molecule has 0 saturated carbocycles. The topological polar surface area (TPSA) is 43.4 Å². The monoisotopic (exact) mass is 234 g/mol. The quantitative estimate of drug-likeness (QED) is 0.846. The molecular formula is C13H18N2O2. The lowest BCUT2D eigenvalue weighted by molar-refractivity contribution is 0.214. The second-order valence-electron chi connectivity index (χ2n) is 3.84. The lowest BCUT2D eigenvalue weighted by Gasteiger charge is -2.20. The number of hydrogen-bond acceptors (Lipinski definition) is 4. The summed E-state index contributed by atoms with van der Waals surface area (Å²) in [4.78, 5) is 4.23. The fourth-order valence-corrected chi connectivity index (χ4v) is 2.00. The number of pyridine rings is 1. The predicted octanol–water partition coefficient (Wildman–Crippen LogP) is 2.04. The van der Waals surface area contributed by atoms with Gasteiger partial charge < -0.3 is 14.8 Å². The Morgan fingerprint density at radius 2 is 2.47 bits per heavy atom. The highest BCUT2D eigenvalue weighted by Crippen LogP contribution is 2.30. The Morgan fingerprint density at radius 3 is 3.12 bits per heavy atom. The van der Waals surface area contributed by atoms with E-state index >= 15 is 0 Å². The number of likely N-dealkylation sites (N-methyl/N-ethyl adjacent to an activating group) is 1. The van der Waals surface area contributed by atoms with Crippen LogP contribution in [0.15, 0.2) is 30.2 Å². The zero-order chi connectivity index (χ0) is 12.1. The highest BCUT2D eigenvalue weighted by molar-refractivity contribution is 5.34. The zero-order valence-corrected chi connectivity index (χ0v) is 10.3. The van der Waals surface area contributed by atoms with Gasteiger partial charge >= 0.3 is 0 Å². The number of aromatic nitrogens is 1. The van der Waals surface area contributed by atoms with Crippen LogP contribution >= 0.6 is 0 Å². The van der Waals surface area contributed by atoms with Gasteiger partial charge in [0, 0.05) is 18.2 Å². The lowest BCUT2D eigenvalue weighted by Crippen LogP contribution is -2.23. The van der Waals surface area contributed by atoms with Gasteiger partial charge in [-0.2, -0.15) is 0 Å². The van der Waals surface area contributed by atoms with Crippen LogP contribution in [0, 0.1) is 0 Å². The van der Waals surface area contributed by atoms with E-state index in [4.69, 9.17) is 9.47 Å². The van der Waals surface area contributed by atoms with Gasteiger partial charge in [-0.3, -0.25) is 0 Å². The van der Waals surface area contributed by atoms with Gasteiger partial charge in [0.05, 0.1) is 19.8 Å². The predicted molar refractivity (Wildman–Crippen MR) is 65.9 cm³/mol. The van der Waals surface area contributed by atoms with Crippen LogP contribution in [0.3, 0.4) is 0 Å². The van der Waals surface area contributed by atoms with Crippen LogP contribution in [0.5, 0.6) is 5.88 Å². The molecular weight excluding hydrogens is 216 g/mol. The van der Waals surface area contributed by atoms with E-state index in [0.717, 1.165) is 30.9 Å². The molecule has 92 valence electrons. The van der Waals surface area contributed by atoms with Crippen molar-refractivity contribution in [3.8, 4) is 5.88 Å². The van der Waals surface area contributed by atoms with E-state index in [1.807, 2.05) is 12.1 Å². The average Bonchev–Trinajstić information content (AvgIpc) is 2.89. The highest BCUT2D eigenvalue weighted by Gasteiger charge is 2.23. The van der Waals surface area contributed by atoms with Gasteiger partial charge in [0.1, 0.15) is 5.76 Å². The summed E-state index contributed by atoms with van der Waals surface area (Å²) in [5.74, 6) is 1.62. The molecule has 4 nitrogen and oxygen atoms in total. The molecule has 1 aliphatic rings. The van der Waals surface area contributed by atoms with E-state index in [1.54, 1.807) is 13.3 Å². The summed E-state index contributed by atoms with van der Waals surface area (Å²) in [6.45, 7) is 3.70.